The normalized spacial score (nSPS) is 29.4. The Morgan fingerprint density at radius 2 is 1.96 bits per heavy atom. The van der Waals surface area contributed by atoms with Crippen LogP contribution in [0.3, 0.4) is 0 Å². The molecular formula is C21H30O2. The number of carbonyl (C=O) groups excluding carboxylic acids is 1. The van der Waals surface area contributed by atoms with Crippen molar-refractivity contribution in [2.75, 3.05) is 6.61 Å². The van der Waals surface area contributed by atoms with Crippen LogP contribution >= 0.6 is 0 Å². The maximum Gasteiger partial charge on any atom is 0.316 e. The van der Waals surface area contributed by atoms with Crippen molar-refractivity contribution in [2.45, 2.75) is 59.3 Å². The van der Waals surface area contributed by atoms with Crippen LogP contribution in [0.15, 0.2) is 48.1 Å². The summed E-state index contributed by atoms with van der Waals surface area (Å²) >= 11 is 0. The lowest BCUT2D eigenvalue weighted by Gasteiger charge is -2.33. The fraction of sp³-hybridized carbons (Fsp3) is 0.571. The summed E-state index contributed by atoms with van der Waals surface area (Å²) in [4.78, 5) is 12.7. The van der Waals surface area contributed by atoms with Gasteiger partial charge in [-0.2, -0.15) is 0 Å². The minimum Gasteiger partial charge on any atom is -0.465 e. The first-order chi connectivity index (χ1) is 11.0. The first-order valence-corrected chi connectivity index (χ1v) is 8.88. The number of allylic oxidation sites excluding steroid dienone is 7. The van der Waals surface area contributed by atoms with E-state index in [4.69, 9.17) is 4.74 Å². The van der Waals surface area contributed by atoms with Gasteiger partial charge < -0.3 is 4.74 Å². The zero-order valence-electron chi connectivity index (χ0n) is 14.8. The summed E-state index contributed by atoms with van der Waals surface area (Å²) in [5.41, 5.74) is 1.05. The predicted molar refractivity (Wildman–Crippen MR) is 96.1 cm³/mol. The number of carbonyl (C=O) groups is 1. The molecule has 0 N–H and O–H groups in total. The molecule has 126 valence electrons. The monoisotopic (exact) mass is 314 g/mol. The second-order valence-electron chi connectivity index (χ2n) is 7.18. The number of hydrogen-bond acceptors (Lipinski definition) is 2. The standard InChI is InChI=1S/C21H30O2/c1-4-5-13-21(14-8-6-9-15-21)19(22)23-17-16-20(3)12-10-7-11-18(20)2/h6-11,14H,4-5,12-13,15-17H2,1-3H3. The fourth-order valence-corrected chi connectivity index (χ4v) is 3.31. The van der Waals surface area contributed by atoms with Gasteiger partial charge in [-0.1, -0.05) is 74.8 Å². The Morgan fingerprint density at radius 3 is 2.61 bits per heavy atom. The summed E-state index contributed by atoms with van der Waals surface area (Å²) in [7, 11) is 0. The van der Waals surface area contributed by atoms with Crippen LogP contribution in [0, 0.1) is 10.8 Å². The summed E-state index contributed by atoms with van der Waals surface area (Å²) in [5.74, 6) is -0.0527. The van der Waals surface area contributed by atoms with Crippen molar-refractivity contribution in [2.24, 2.45) is 10.8 Å². The molecule has 0 amide bonds. The predicted octanol–water partition coefficient (Wildman–Crippen LogP) is 5.52. The van der Waals surface area contributed by atoms with Gasteiger partial charge in [0.05, 0.1) is 12.0 Å². The summed E-state index contributed by atoms with van der Waals surface area (Å²) in [6.07, 6.45) is 20.3. The molecule has 0 radical (unpaired) electrons. The van der Waals surface area contributed by atoms with Crippen molar-refractivity contribution in [3.8, 4) is 0 Å². The van der Waals surface area contributed by atoms with Gasteiger partial charge in [-0.15, -0.1) is 0 Å². The molecule has 0 spiro atoms. The first kappa shape index (κ1) is 17.8. The molecule has 2 nitrogen and oxygen atoms in total. The second kappa shape index (κ2) is 7.81. The Balaban J connectivity index is 1.92. The van der Waals surface area contributed by atoms with Gasteiger partial charge in [0.15, 0.2) is 0 Å². The van der Waals surface area contributed by atoms with Crippen molar-refractivity contribution in [3.05, 3.63) is 48.1 Å². The van der Waals surface area contributed by atoms with Gasteiger partial charge in [0.25, 0.3) is 0 Å². The van der Waals surface area contributed by atoms with Crippen LogP contribution < -0.4 is 0 Å². The number of esters is 1. The summed E-state index contributed by atoms with van der Waals surface area (Å²) < 4.78 is 5.72. The Labute approximate surface area is 141 Å². The van der Waals surface area contributed by atoms with Gasteiger partial charge in [0, 0.05) is 0 Å². The maximum absolute atomic E-state index is 12.7. The minimum atomic E-state index is -0.441. The van der Waals surface area contributed by atoms with Gasteiger partial charge in [-0.25, -0.2) is 0 Å². The van der Waals surface area contributed by atoms with E-state index in [1.807, 2.05) is 18.2 Å². The number of unbranched alkanes of at least 4 members (excludes halogenated alkanes) is 1. The highest BCUT2D eigenvalue weighted by Crippen LogP contribution is 2.39. The largest absolute Gasteiger partial charge is 0.465 e. The molecule has 0 saturated heterocycles. The maximum atomic E-state index is 12.7. The van der Waals surface area contributed by atoms with Gasteiger partial charge in [0.1, 0.15) is 0 Å². The van der Waals surface area contributed by atoms with Crippen molar-refractivity contribution < 1.29 is 9.53 Å². The van der Waals surface area contributed by atoms with Crippen molar-refractivity contribution in [1.82, 2.24) is 0 Å². The Hall–Kier alpha value is -1.57. The van der Waals surface area contributed by atoms with E-state index in [-0.39, 0.29) is 11.4 Å². The molecule has 2 heteroatoms. The molecule has 2 aliphatic carbocycles. The molecule has 0 aromatic heterocycles. The minimum absolute atomic E-state index is 0.0527. The third-order valence-corrected chi connectivity index (χ3v) is 5.42. The first-order valence-electron chi connectivity index (χ1n) is 8.88. The van der Waals surface area contributed by atoms with E-state index >= 15 is 0 Å². The van der Waals surface area contributed by atoms with Crippen LogP contribution in [0.5, 0.6) is 0 Å². The molecule has 0 bridgehead atoms. The average Bonchev–Trinajstić information content (AvgIpc) is 2.56. The average molecular weight is 314 g/mol. The molecule has 2 aliphatic rings. The lowest BCUT2D eigenvalue weighted by Crippen LogP contribution is -2.33. The van der Waals surface area contributed by atoms with Crippen LogP contribution in [-0.4, -0.2) is 12.6 Å². The molecular weight excluding hydrogens is 284 g/mol. The highest BCUT2D eigenvalue weighted by molar-refractivity contribution is 5.79. The smallest absolute Gasteiger partial charge is 0.316 e. The molecule has 0 heterocycles. The Morgan fingerprint density at radius 1 is 1.17 bits per heavy atom. The third-order valence-electron chi connectivity index (χ3n) is 5.42. The van der Waals surface area contributed by atoms with Crippen molar-refractivity contribution in [1.29, 1.82) is 0 Å². The van der Waals surface area contributed by atoms with Crippen LogP contribution in [0.1, 0.15) is 59.3 Å². The number of rotatable bonds is 7. The Kier molecular flexibility index (Phi) is 6.04. The topological polar surface area (TPSA) is 26.3 Å². The molecule has 0 aromatic rings. The van der Waals surface area contributed by atoms with Gasteiger partial charge in [-0.05, 0) is 38.0 Å². The lowest BCUT2D eigenvalue weighted by molar-refractivity contribution is -0.154. The molecule has 0 aliphatic heterocycles. The van der Waals surface area contributed by atoms with Gasteiger partial charge in [0.2, 0.25) is 0 Å². The highest BCUT2D eigenvalue weighted by atomic mass is 16.5. The van der Waals surface area contributed by atoms with E-state index in [0.29, 0.717) is 6.61 Å². The van der Waals surface area contributed by atoms with Gasteiger partial charge >= 0.3 is 5.97 Å². The van der Waals surface area contributed by atoms with Crippen molar-refractivity contribution >= 4 is 5.97 Å². The molecule has 0 aromatic carbocycles. The van der Waals surface area contributed by atoms with E-state index in [2.05, 4.69) is 45.1 Å². The molecule has 2 unspecified atom stereocenters. The van der Waals surface area contributed by atoms with Crippen LogP contribution in [0.25, 0.3) is 0 Å². The zero-order valence-corrected chi connectivity index (χ0v) is 14.8. The fourth-order valence-electron chi connectivity index (χ4n) is 3.31. The summed E-state index contributed by atoms with van der Waals surface area (Å²) in [6.45, 7) is 7.09. The lowest BCUT2D eigenvalue weighted by atomic mass is 9.75. The molecule has 2 atom stereocenters. The Bertz CT molecular complexity index is 538. The number of ether oxygens (including phenoxy) is 1. The second-order valence-corrected chi connectivity index (χ2v) is 7.18. The molecule has 2 rings (SSSR count). The van der Waals surface area contributed by atoms with E-state index < -0.39 is 5.41 Å². The molecule has 0 saturated carbocycles. The van der Waals surface area contributed by atoms with E-state index in [1.165, 1.54) is 5.57 Å². The highest BCUT2D eigenvalue weighted by Gasteiger charge is 2.37. The van der Waals surface area contributed by atoms with Gasteiger partial charge in [-0.3, -0.25) is 4.79 Å². The summed E-state index contributed by atoms with van der Waals surface area (Å²) in [5, 5.41) is 0. The third kappa shape index (κ3) is 4.25. The zero-order chi connectivity index (χ0) is 16.8. The SMILES string of the molecule is CCCCC1(C(=O)OCCC2(C)CC=CC=C2C)C=CC=CC1. The molecule has 23 heavy (non-hydrogen) atoms. The van der Waals surface area contributed by atoms with E-state index in [9.17, 15) is 4.79 Å². The van der Waals surface area contributed by atoms with E-state index in [1.54, 1.807) is 0 Å². The van der Waals surface area contributed by atoms with E-state index in [0.717, 1.165) is 38.5 Å². The van der Waals surface area contributed by atoms with Crippen LogP contribution in [0.2, 0.25) is 0 Å². The summed E-state index contributed by atoms with van der Waals surface area (Å²) in [6, 6.07) is 0. The van der Waals surface area contributed by atoms with Crippen LogP contribution in [-0.2, 0) is 9.53 Å². The van der Waals surface area contributed by atoms with Crippen molar-refractivity contribution in [3.63, 3.8) is 0 Å². The molecule has 0 fully saturated rings. The van der Waals surface area contributed by atoms with Crippen LogP contribution in [0.4, 0.5) is 0 Å². The number of hydrogen-bond donors (Lipinski definition) is 0. The quantitative estimate of drug-likeness (QED) is 0.578.